The molecule has 1 unspecified atom stereocenters. The summed E-state index contributed by atoms with van der Waals surface area (Å²) in [6.45, 7) is 8.52. The SMILES string of the molecule is CON(C)Cc1ccc(C(=O)NC2(C(=O)NC(CC(C)C)C(=O)c3nnc(SC(C)C)o3)CCCCC2)cc1.Cl. The van der Waals surface area contributed by atoms with Gasteiger partial charge in [-0.25, -0.2) is 0 Å². The van der Waals surface area contributed by atoms with Crippen molar-refractivity contribution in [3.63, 3.8) is 0 Å². The Morgan fingerprint density at radius 3 is 2.30 bits per heavy atom. The fourth-order valence-electron chi connectivity index (χ4n) is 4.64. The molecule has 0 bridgehead atoms. The molecule has 1 fully saturated rings. The van der Waals surface area contributed by atoms with Gasteiger partial charge in [-0.05, 0) is 42.9 Å². The van der Waals surface area contributed by atoms with Crippen molar-refractivity contribution >= 4 is 41.8 Å². The molecule has 1 heterocycles. The minimum atomic E-state index is -1.10. The van der Waals surface area contributed by atoms with E-state index in [2.05, 4.69) is 20.8 Å². The number of hydroxylamine groups is 2. The monoisotopic (exact) mass is 595 g/mol. The van der Waals surface area contributed by atoms with Crippen molar-refractivity contribution in [2.45, 2.75) is 94.8 Å². The molecule has 1 saturated carbocycles. The maximum atomic E-state index is 13.8. The maximum Gasteiger partial charge on any atom is 0.286 e. The summed E-state index contributed by atoms with van der Waals surface area (Å²) in [4.78, 5) is 45.6. The van der Waals surface area contributed by atoms with Crippen LogP contribution >= 0.6 is 24.2 Å². The summed E-state index contributed by atoms with van der Waals surface area (Å²) >= 11 is 1.37. The molecule has 0 aliphatic heterocycles. The third-order valence-electron chi connectivity index (χ3n) is 6.71. The molecule has 10 nitrogen and oxygen atoms in total. The molecule has 1 aliphatic rings. The van der Waals surface area contributed by atoms with Gasteiger partial charge in [0.15, 0.2) is 0 Å². The average molecular weight is 596 g/mol. The van der Waals surface area contributed by atoms with E-state index >= 15 is 0 Å². The number of thioether (sulfide) groups is 1. The predicted octanol–water partition coefficient (Wildman–Crippen LogP) is 4.83. The van der Waals surface area contributed by atoms with Crippen molar-refractivity contribution in [1.29, 1.82) is 0 Å². The molecule has 1 aromatic heterocycles. The second-order valence-corrected chi connectivity index (χ2v) is 12.3. The molecule has 0 radical (unpaired) electrons. The Balaban J connectivity index is 0.00000560. The Hall–Kier alpha value is -2.47. The fourth-order valence-corrected chi connectivity index (χ4v) is 5.26. The third kappa shape index (κ3) is 9.29. The topological polar surface area (TPSA) is 127 Å². The fraction of sp³-hybridized carbons (Fsp3) is 0.607. The Morgan fingerprint density at radius 2 is 1.73 bits per heavy atom. The Bertz CT molecular complexity index is 1120. The van der Waals surface area contributed by atoms with Crippen LogP contribution in [0, 0.1) is 5.92 Å². The number of nitrogens with one attached hydrogen (secondary N) is 2. The van der Waals surface area contributed by atoms with Crippen LogP contribution in [-0.2, 0) is 16.2 Å². The lowest BCUT2D eigenvalue weighted by atomic mass is 9.80. The van der Waals surface area contributed by atoms with E-state index in [4.69, 9.17) is 9.25 Å². The van der Waals surface area contributed by atoms with Crippen molar-refractivity contribution in [3.8, 4) is 0 Å². The van der Waals surface area contributed by atoms with Gasteiger partial charge in [0.1, 0.15) is 5.54 Å². The molecule has 2 N–H and O–H groups in total. The van der Waals surface area contributed by atoms with Crippen LogP contribution in [0.1, 0.15) is 92.8 Å². The van der Waals surface area contributed by atoms with E-state index in [0.29, 0.717) is 36.6 Å². The molecule has 0 saturated heterocycles. The molecule has 1 aromatic carbocycles. The third-order valence-corrected chi connectivity index (χ3v) is 7.55. The lowest BCUT2D eigenvalue weighted by molar-refractivity contribution is -0.129. The molecule has 1 aliphatic carbocycles. The van der Waals surface area contributed by atoms with Crippen LogP contribution in [0.3, 0.4) is 0 Å². The van der Waals surface area contributed by atoms with Crippen LogP contribution in [0.4, 0.5) is 0 Å². The highest BCUT2D eigenvalue weighted by molar-refractivity contribution is 7.99. The van der Waals surface area contributed by atoms with Gasteiger partial charge in [0.2, 0.25) is 11.7 Å². The van der Waals surface area contributed by atoms with E-state index in [1.165, 1.54) is 11.8 Å². The van der Waals surface area contributed by atoms with Crippen molar-refractivity contribution in [2.24, 2.45) is 5.92 Å². The van der Waals surface area contributed by atoms with E-state index in [-0.39, 0.29) is 41.3 Å². The summed E-state index contributed by atoms with van der Waals surface area (Å²) in [6.07, 6.45) is 4.00. The number of Topliss-reactive ketones (excluding diaryl/α,β-unsaturated/α-hetero) is 1. The van der Waals surface area contributed by atoms with E-state index in [0.717, 1.165) is 24.8 Å². The minimum Gasteiger partial charge on any atom is -0.408 e. The number of aromatic nitrogens is 2. The van der Waals surface area contributed by atoms with Crippen LogP contribution in [0.25, 0.3) is 0 Å². The zero-order valence-electron chi connectivity index (χ0n) is 24.2. The van der Waals surface area contributed by atoms with Gasteiger partial charge in [-0.1, -0.05) is 70.9 Å². The lowest BCUT2D eigenvalue weighted by Crippen LogP contribution is -2.62. The second kappa shape index (κ2) is 15.5. The predicted molar refractivity (Wildman–Crippen MR) is 156 cm³/mol. The Morgan fingerprint density at radius 1 is 1.07 bits per heavy atom. The van der Waals surface area contributed by atoms with Gasteiger partial charge in [0, 0.05) is 24.4 Å². The smallest absolute Gasteiger partial charge is 0.286 e. The maximum absolute atomic E-state index is 13.8. The van der Waals surface area contributed by atoms with Crippen LogP contribution in [0.5, 0.6) is 0 Å². The second-order valence-electron chi connectivity index (χ2n) is 10.8. The highest BCUT2D eigenvalue weighted by Crippen LogP contribution is 2.30. The highest BCUT2D eigenvalue weighted by atomic mass is 35.5. The number of amides is 2. The first-order valence-corrected chi connectivity index (χ1v) is 14.4. The first-order chi connectivity index (χ1) is 18.5. The number of nitrogens with zero attached hydrogens (tertiary/aromatic N) is 3. The summed E-state index contributed by atoms with van der Waals surface area (Å²) in [6, 6.07) is 6.38. The van der Waals surface area contributed by atoms with Crippen molar-refractivity contribution in [2.75, 3.05) is 14.2 Å². The Kier molecular flexibility index (Phi) is 13.1. The largest absolute Gasteiger partial charge is 0.408 e. The van der Waals surface area contributed by atoms with Crippen LogP contribution < -0.4 is 10.6 Å². The zero-order valence-corrected chi connectivity index (χ0v) is 25.8. The number of carbonyl (C=O) groups is 3. The number of benzene rings is 1. The van der Waals surface area contributed by atoms with Gasteiger partial charge in [-0.3, -0.25) is 14.4 Å². The van der Waals surface area contributed by atoms with Crippen LogP contribution in [-0.4, -0.2) is 63.8 Å². The number of halogens is 1. The highest BCUT2D eigenvalue weighted by Gasteiger charge is 2.43. The number of rotatable bonds is 13. The van der Waals surface area contributed by atoms with Gasteiger partial charge in [-0.2, -0.15) is 5.06 Å². The van der Waals surface area contributed by atoms with E-state index in [9.17, 15) is 14.4 Å². The normalized spacial score (nSPS) is 15.5. The average Bonchev–Trinajstić information content (AvgIpc) is 3.36. The summed E-state index contributed by atoms with van der Waals surface area (Å²) in [5.41, 5.74) is 0.354. The molecule has 3 rings (SSSR count). The van der Waals surface area contributed by atoms with E-state index in [1.54, 1.807) is 24.3 Å². The number of hydrogen-bond acceptors (Lipinski definition) is 9. The zero-order chi connectivity index (χ0) is 28.6. The van der Waals surface area contributed by atoms with Gasteiger partial charge >= 0.3 is 0 Å². The van der Waals surface area contributed by atoms with E-state index < -0.39 is 17.4 Å². The van der Waals surface area contributed by atoms with Crippen molar-refractivity contribution < 1.29 is 23.6 Å². The van der Waals surface area contributed by atoms with Crippen LogP contribution in [0.2, 0.25) is 0 Å². The van der Waals surface area contributed by atoms with Gasteiger partial charge in [0.25, 0.3) is 17.0 Å². The molecular formula is C28H42ClN5O5S. The summed E-state index contributed by atoms with van der Waals surface area (Å²) in [5.74, 6) is -1.10. The minimum absolute atomic E-state index is 0. The number of carbonyl (C=O) groups excluding carboxylic acids is 3. The van der Waals surface area contributed by atoms with Gasteiger partial charge in [0.05, 0.1) is 13.2 Å². The molecular weight excluding hydrogens is 554 g/mol. The Labute approximate surface area is 247 Å². The summed E-state index contributed by atoms with van der Waals surface area (Å²) in [5, 5.41) is 16.1. The van der Waals surface area contributed by atoms with Crippen molar-refractivity contribution in [1.82, 2.24) is 25.9 Å². The van der Waals surface area contributed by atoms with Gasteiger partial charge in [-0.15, -0.1) is 22.6 Å². The first kappa shape index (κ1) is 33.7. The first-order valence-electron chi connectivity index (χ1n) is 13.5. The standard InChI is InChI=1S/C28H41N5O5S.ClH/c1-18(2)16-22(23(34)25-31-32-27(38-25)39-19(3)4)29-26(36)28(14-8-7-9-15-28)30-24(35)21-12-10-20(11-13-21)17-33(5)37-6;/h10-13,18-19,22H,7-9,14-17H2,1-6H3,(H,29,36)(H,30,35);1H. The lowest BCUT2D eigenvalue weighted by Gasteiger charge is -2.37. The molecule has 2 amide bonds. The van der Waals surface area contributed by atoms with E-state index in [1.807, 2.05) is 46.9 Å². The van der Waals surface area contributed by atoms with Crippen molar-refractivity contribution in [3.05, 3.63) is 41.3 Å². The summed E-state index contributed by atoms with van der Waals surface area (Å²) < 4.78 is 5.59. The molecule has 2 aromatic rings. The molecule has 40 heavy (non-hydrogen) atoms. The summed E-state index contributed by atoms with van der Waals surface area (Å²) in [7, 11) is 3.42. The van der Waals surface area contributed by atoms with Gasteiger partial charge < -0.3 is 19.9 Å². The molecule has 222 valence electrons. The quantitative estimate of drug-likeness (QED) is 0.190. The molecule has 1 atom stereocenters. The van der Waals surface area contributed by atoms with Crippen LogP contribution in [0.15, 0.2) is 33.9 Å². The molecule has 12 heteroatoms. The molecule has 0 spiro atoms. The number of ketones is 1. The number of hydrogen-bond donors (Lipinski definition) is 2.